The molecule has 0 unspecified atom stereocenters. The molecule has 0 aliphatic rings. The summed E-state index contributed by atoms with van der Waals surface area (Å²) in [6.07, 6.45) is 1.32. The smallest absolute Gasteiger partial charge is 0.323 e. The van der Waals surface area contributed by atoms with E-state index in [1.807, 2.05) is 0 Å². The number of fused-ring (bicyclic) bond motifs is 3. The van der Waals surface area contributed by atoms with Crippen molar-refractivity contribution in [2.24, 2.45) is 0 Å². The number of amides is 1. The Hall–Kier alpha value is -3.20. The molecular weight excluding hydrogens is 328 g/mol. The van der Waals surface area contributed by atoms with Crippen LogP contribution in [0.5, 0.6) is 0 Å². The molecule has 3 aromatic rings. The van der Waals surface area contributed by atoms with Crippen LogP contribution in [0, 0.1) is 0 Å². The number of para-hydroxylation sites is 1. The van der Waals surface area contributed by atoms with Crippen LogP contribution >= 0.6 is 0 Å². The van der Waals surface area contributed by atoms with Crippen LogP contribution in [0.3, 0.4) is 0 Å². The number of nitrogens with one attached hydrogen (secondary N) is 1. The Labute approximate surface area is 141 Å². The minimum atomic E-state index is -1.14. The average Bonchev–Trinajstić information content (AvgIpc) is 3.02. The van der Waals surface area contributed by atoms with E-state index in [0.29, 0.717) is 10.9 Å². The maximum atomic E-state index is 12.7. The van der Waals surface area contributed by atoms with Crippen molar-refractivity contribution in [2.45, 2.75) is 0 Å². The Balaban J connectivity index is 2.10. The highest BCUT2D eigenvalue weighted by Crippen LogP contribution is 2.15. The largest absolute Gasteiger partial charge is 0.480 e. The molecular formula is C16H16N4O5. The summed E-state index contributed by atoms with van der Waals surface area (Å²) in [7, 11) is 1.46. The van der Waals surface area contributed by atoms with Crippen molar-refractivity contribution in [3.05, 3.63) is 46.4 Å². The van der Waals surface area contributed by atoms with Crippen LogP contribution in [-0.2, 0) is 9.53 Å². The molecule has 0 radical (unpaired) electrons. The fraction of sp³-hybridized carbons (Fsp3) is 0.250. The van der Waals surface area contributed by atoms with Gasteiger partial charge < -0.3 is 19.7 Å². The number of aliphatic carboxylic acids is 1. The number of carbonyl (C=O) groups excluding carboxylic acids is 1. The van der Waals surface area contributed by atoms with Crippen molar-refractivity contribution >= 4 is 28.4 Å². The highest BCUT2D eigenvalue weighted by atomic mass is 16.5. The summed E-state index contributed by atoms with van der Waals surface area (Å²) in [4.78, 5) is 39.8. The summed E-state index contributed by atoms with van der Waals surface area (Å²) >= 11 is 0. The molecule has 0 fully saturated rings. The second kappa shape index (κ2) is 6.73. The van der Waals surface area contributed by atoms with Crippen LogP contribution in [0.1, 0.15) is 10.4 Å². The summed E-state index contributed by atoms with van der Waals surface area (Å²) in [5.74, 6) is -1.68. The third kappa shape index (κ3) is 3.09. The number of ether oxygens (including phenoxy) is 1. The zero-order valence-corrected chi connectivity index (χ0v) is 13.4. The minimum absolute atomic E-state index is 0.108. The number of hydrogen-bond donors (Lipinski definition) is 2. The molecule has 9 nitrogen and oxygen atoms in total. The lowest BCUT2D eigenvalue weighted by molar-refractivity contribution is -0.137. The third-order valence-electron chi connectivity index (χ3n) is 3.79. The predicted molar refractivity (Wildman–Crippen MR) is 88.7 cm³/mol. The number of aromatic amines is 1. The third-order valence-corrected chi connectivity index (χ3v) is 3.79. The van der Waals surface area contributed by atoms with E-state index in [9.17, 15) is 14.4 Å². The van der Waals surface area contributed by atoms with Gasteiger partial charge in [-0.2, -0.15) is 5.10 Å². The topological polar surface area (TPSA) is 117 Å². The predicted octanol–water partition coefficient (Wildman–Crippen LogP) is 0.349. The highest BCUT2D eigenvalue weighted by molar-refractivity contribution is 6.01. The van der Waals surface area contributed by atoms with Gasteiger partial charge in [0.25, 0.3) is 11.5 Å². The standard InChI is InChI=1S/C16H16N4O5/c1-25-7-6-19(9-13(21)22)16(24)11-8-17-20-12-5-3-2-4-10(12)15(23)18-14(11)20/h2-5,8H,6-7,9H2,1H3,(H,18,23)(H,21,22). The number of methoxy groups -OCH3 is 1. The summed E-state index contributed by atoms with van der Waals surface area (Å²) in [6.45, 7) is -0.175. The number of aromatic nitrogens is 3. The first-order valence-corrected chi connectivity index (χ1v) is 7.51. The fourth-order valence-corrected chi connectivity index (χ4v) is 2.62. The number of rotatable bonds is 6. The van der Waals surface area contributed by atoms with Gasteiger partial charge in [-0.25, -0.2) is 4.52 Å². The second-order valence-electron chi connectivity index (χ2n) is 5.40. The van der Waals surface area contributed by atoms with Crippen LogP contribution in [0.4, 0.5) is 0 Å². The molecule has 0 aliphatic heterocycles. The van der Waals surface area contributed by atoms with E-state index >= 15 is 0 Å². The van der Waals surface area contributed by atoms with Gasteiger partial charge in [0.15, 0.2) is 0 Å². The van der Waals surface area contributed by atoms with Crippen LogP contribution in [0.15, 0.2) is 35.3 Å². The molecule has 1 amide bonds. The Morgan fingerprint density at radius 1 is 1.36 bits per heavy atom. The summed E-state index contributed by atoms with van der Waals surface area (Å²) in [5, 5.41) is 13.6. The number of nitrogens with zero attached hydrogens (tertiary/aromatic N) is 3. The molecule has 2 aromatic heterocycles. The summed E-state index contributed by atoms with van der Waals surface area (Å²) in [6, 6.07) is 6.88. The second-order valence-corrected chi connectivity index (χ2v) is 5.40. The maximum absolute atomic E-state index is 12.7. The molecule has 0 saturated carbocycles. The molecule has 9 heteroatoms. The van der Waals surface area contributed by atoms with Crippen molar-refractivity contribution in [3.63, 3.8) is 0 Å². The van der Waals surface area contributed by atoms with Gasteiger partial charge >= 0.3 is 5.97 Å². The fourth-order valence-electron chi connectivity index (χ4n) is 2.62. The molecule has 0 aliphatic carbocycles. The molecule has 2 N–H and O–H groups in total. The van der Waals surface area contributed by atoms with Crippen LogP contribution in [-0.4, -0.2) is 63.3 Å². The van der Waals surface area contributed by atoms with E-state index in [1.54, 1.807) is 24.3 Å². The summed E-state index contributed by atoms with van der Waals surface area (Å²) < 4.78 is 6.38. The van der Waals surface area contributed by atoms with Crippen molar-refractivity contribution in [1.82, 2.24) is 19.5 Å². The van der Waals surface area contributed by atoms with Gasteiger partial charge in [0, 0.05) is 13.7 Å². The maximum Gasteiger partial charge on any atom is 0.323 e. The van der Waals surface area contributed by atoms with E-state index in [0.717, 1.165) is 4.90 Å². The van der Waals surface area contributed by atoms with Gasteiger partial charge in [0.1, 0.15) is 17.8 Å². The average molecular weight is 344 g/mol. The quantitative estimate of drug-likeness (QED) is 0.666. The lowest BCUT2D eigenvalue weighted by Crippen LogP contribution is -2.38. The number of H-pyrrole nitrogens is 1. The van der Waals surface area contributed by atoms with Crippen LogP contribution in [0.25, 0.3) is 16.6 Å². The number of carboxylic acids is 1. The monoisotopic (exact) mass is 344 g/mol. The van der Waals surface area contributed by atoms with Crippen LogP contribution in [0.2, 0.25) is 0 Å². The van der Waals surface area contributed by atoms with Gasteiger partial charge in [-0.15, -0.1) is 0 Å². The van der Waals surface area contributed by atoms with E-state index in [2.05, 4.69) is 10.1 Å². The van der Waals surface area contributed by atoms with Gasteiger partial charge in [-0.1, -0.05) is 12.1 Å². The number of benzene rings is 1. The Morgan fingerprint density at radius 2 is 2.12 bits per heavy atom. The lowest BCUT2D eigenvalue weighted by atomic mass is 10.2. The molecule has 0 atom stereocenters. The van der Waals surface area contributed by atoms with Crippen LogP contribution < -0.4 is 5.56 Å². The van der Waals surface area contributed by atoms with Crippen molar-refractivity contribution in [2.75, 3.05) is 26.8 Å². The lowest BCUT2D eigenvalue weighted by Gasteiger charge is -2.19. The van der Waals surface area contributed by atoms with Gasteiger partial charge in [0.2, 0.25) is 0 Å². The normalized spacial score (nSPS) is 11.1. The zero-order chi connectivity index (χ0) is 18.0. The summed E-state index contributed by atoms with van der Waals surface area (Å²) in [5.41, 5.74) is 0.558. The van der Waals surface area contributed by atoms with Crippen molar-refractivity contribution in [3.8, 4) is 0 Å². The van der Waals surface area contributed by atoms with Gasteiger partial charge in [-0.05, 0) is 12.1 Å². The Morgan fingerprint density at radius 3 is 2.84 bits per heavy atom. The number of hydrogen-bond acceptors (Lipinski definition) is 5. The van der Waals surface area contributed by atoms with E-state index in [1.165, 1.54) is 17.8 Å². The molecule has 0 spiro atoms. The first-order chi connectivity index (χ1) is 12.0. The van der Waals surface area contributed by atoms with Crippen molar-refractivity contribution in [1.29, 1.82) is 0 Å². The first kappa shape index (κ1) is 16.7. The SMILES string of the molecule is COCCN(CC(=O)O)C(=O)c1cnn2c1[nH]c(=O)c1ccccc12. The van der Waals surface area contributed by atoms with E-state index < -0.39 is 18.4 Å². The first-order valence-electron chi connectivity index (χ1n) is 7.51. The number of carbonyl (C=O) groups is 2. The number of carboxylic acid groups (broad SMARTS) is 1. The Bertz CT molecular complexity index is 1010. The zero-order valence-electron chi connectivity index (χ0n) is 13.4. The van der Waals surface area contributed by atoms with Gasteiger partial charge in [0.05, 0.1) is 23.7 Å². The van der Waals surface area contributed by atoms with Crippen molar-refractivity contribution < 1.29 is 19.4 Å². The molecule has 0 saturated heterocycles. The molecule has 130 valence electrons. The van der Waals surface area contributed by atoms with E-state index in [-0.39, 0.29) is 29.9 Å². The molecule has 0 bridgehead atoms. The minimum Gasteiger partial charge on any atom is -0.480 e. The molecule has 2 heterocycles. The highest BCUT2D eigenvalue weighted by Gasteiger charge is 2.23. The molecule has 1 aromatic carbocycles. The Kier molecular flexibility index (Phi) is 4.48. The molecule has 25 heavy (non-hydrogen) atoms. The van der Waals surface area contributed by atoms with Gasteiger partial charge in [-0.3, -0.25) is 14.4 Å². The van der Waals surface area contributed by atoms with E-state index in [4.69, 9.17) is 9.84 Å². The molecule has 3 rings (SSSR count).